The topological polar surface area (TPSA) is 35.2 Å². The number of allylic oxidation sites excluding steroid dienone is 1. The Morgan fingerprint density at radius 1 is 1.67 bits per heavy atom. The molecule has 1 aliphatic rings. The van der Waals surface area contributed by atoms with Crippen LogP contribution in [0.2, 0.25) is 0 Å². The molecule has 1 aliphatic heterocycles. The van der Waals surface area contributed by atoms with Gasteiger partial charge in [0.1, 0.15) is 5.76 Å². The molecule has 9 heavy (non-hydrogen) atoms. The van der Waals surface area contributed by atoms with E-state index in [1.54, 1.807) is 0 Å². The number of hydrogen-bond acceptors (Lipinski definition) is 2. The molecule has 0 amide bonds. The normalized spacial score (nSPS) is 17.2. The van der Waals surface area contributed by atoms with Gasteiger partial charge < -0.3 is 10.5 Å². The minimum atomic E-state index is 0. The molecule has 54 valence electrons. The van der Waals surface area contributed by atoms with Gasteiger partial charge in [0.15, 0.2) is 0 Å². The van der Waals surface area contributed by atoms with Crippen LogP contribution in [0.3, 0.4) is 0 Å². The Bertz CT molecular complexity index is 103. The second kappa shape index (κ2) is 4.65. The van der Waals surface area contributed by atoms with Crippen molar-refractivity contribution < 1.29 is 4.74 Å². The van der Waals surface area contributed by atoms with Crippen molar-refractivity contribution in [1.29, 1.82) is 0 Å². The van der Waals surface area contributed by atoms with Crippen molar-refractivity contribution in [3.8, 4) is 0 Å². The highest BCUT2D eigenvalue weighted by molar-refractivity contribution is 5.85. The predicted octanol–water partition coefficient (Wildman–Crippen LogP) is 1.06. The van der Waals surface area contributed by atoms with Crippen LogP contribution in [0.5, 0.6) is 0 Å². The van der Waals surface area contributed by atoms with Gasteiger partial charge in [-0.05, 0) is 18.9 Å². The Balaban J connectivity index is 0.000000640. The van der Waals surface area contributed by atoms with E-state index in [-0.39, 0.29) is 12.4 Å². The molecule has 0 atom stereocenters. The van der Waals surface area contributed by atoms with Gasteiger partial charge in [-0.2, -0.15) is 0 Å². The minimum absolute atomic E-state index is 0. The van der Waals surface area contributed by atoms with Crippen LogP contribution in [0.4, 0.5) is 0 Å². The van der Waals surface area contributed by atoms with E-state index >= 15 is 0 Å². The highest BCUT2D eigenvalue weighted by Crippen LogP contribution is 2.06. The van der Waals surface area contributed by atoms with E-state index in [0.29, 0.717) is 6.54 Å². The molecule has 0 bridgehead atoms. The lowest BCUT2D eigenvalue weighted by molar-refractivity contribution is 0.191. The van der Waals surface area contributed by atoms with Crippen LogP contribution in [0.15, 0.2) is 11.8 Å². The third kappa shape index (κ3) is 2.72. The second-order valence-corrected chi connectivity index (χ2v) is 1.87. The molecular weight excluding hydrogens is 138 g/mol. The largest absolute Gasteiger partial charge is 0.497 e. The Hall–Kier alpha value is -0.210. The molecule has 0 unspecified atom stereocenters. The van der Waals surface area contributed by atoms with Crippen molar-refractivity contribution >= 4 is 12.4 Å². The fraction of sp³-hybridized carbons (Fsp3) is 0.667. The summed E-state index contributed by atoms with van der Waals surface area (Å²) in [6, 6.07) is 0. The summed E-state index contributed by atoms with van der Waals surface area (Å²) in [4.78, 5) is 0. The smallest absolute Gasteiger partial charge is 0.106 e. The molecule has 0 aromatic carbocycles. The van der Waals surface area contributed by atoms with Gasteiger partial charge >= 0.3 is 0 Å². The number of rotatable bonds is 1. The zero-order chi connectivity index (χ0) is 5.82. The van der Waals surface area contributed by atoms with E-state index in [1.165, 1.54) is 0 Å². The standard InChI is InChI=1S/C6H11NO.ClH/c7-5-6-3-1-2-4-8-6;/h3H,1-2,4-5,7H2;1H. The third-order valence-electron chi connectivity index (χ3n) is 1.21. The van der Waals surface area contributed by atoms with Gasteiger partial charge in [0, 0.05) is 0 Å². The molecule has 3 heteroatoms. The number of ether oxygens (including phenoxy) is 1. The van der Waals surface area contributed by atoms with E-state index in [1.807, 2.05) is 0 Å². The van der Waals surface area contributed by atoms with Crippen molar-refractivity contribution in [2.24, 2.45) is 5.73 Å². The van der Waals surface area contributed by atoms with Crippen molar-refractivity contribution in [2.75, 3.05) is 13.2 Å². The zero-order valence-electron chi connectivity index (χ0n) is 5.30. The molecule has 0 aromatic rings. The molecule has 0 radical (unpaired) electrons. The number of hydrogen-bond donors (Lipinski definition) is 1. The lowest BCUT2D eigenvalue weighted by Gasteiger charge is -2.11. The first-order chi connectivity index (χ1) is 3.93. The van der Waals surface area contributed by atoms with Gasteiger partial charge in [-0.15, -0.1) is 12.4 Å². The third-order valence-corrected chi connectivity index (χ3v) is 1.21. The maximum Gasteiger partial charge on any atom is 0.106 e. The van der Waals surface area contributed by atoms with Crippen molar-refractivity contribution in [3.63, 3.8) is 0 Å². The lowest BCUT2D eigenvalue weighted by Crippen LogP contribution is -2.10. The SMILES string of the molecule is Cl.NCC1=CCCCO1. The summed E-state index contributed by atoms with van der Waals surface area (Å²) in [5, 5.41) is 0. The number of nitrogens with two attached hydrogens (primary N) is 1. The lowest BCUT2D eigenvalue weighted by atomic mass is 10.2. The molecule has 0 spiro atoms. The molecule has 0 saturated carbocycles. The van der Waals surface area contributed by atoms with Crippen LogP contribution < -0.4 is 5.73 Å². The van der Waals surface area contributed by atoms with Gasteiger partial charge in [-0.25, -0.2) is 0 Å². The Morgan fingerprint density at radius 2 is 2.44 bits per heavy atom. The van der Waals surface area contributed by atoms with Gasteiger partial charge in [0.25, 0.3) is 0 Å². The number of halogens is 1. The van der Waals surface area contributed by atoms with E-state index in [2.05, 4.69) is 6.08 Å². The van der Waals surface area contributed by atoms with E-state index < -0.39 is 0 Å². The zero-order valence-corrected chi connectivity index (χ0v) is 6.12. The summed E-state index contributed by atoms with van der Waals surface area (Å²) in [5.41, 5.74) is 5.31. The van der Waals surface area contributed by atoms with Crippen LogP contribution >= 0.6 is 12.4 Å². The average molecular weight is 150 g/mol. The molecular formula is C6H12ClNO. The van der Waals surface area contributed by atoms with Crippen LogP contribution in [-0.2, 0) is 4.74 Å². The Labute approximate surface area is 61.5 Å². The summed E-state index contributed by atoms with van der Waals surface area (Å²) in [6.07, 6.45) is 4.33. The molecule has 1 rings (SSSR count). The average Bonchev–Trinajstić information content (AvgIpc) is 1.90. The maximum atomic E-state index is 5.31. The first-order valence-electron chi connectivity index (χ1n) is 2.95. The van der Waals surface area contributed by atoms with Crippen LogP contribution in [0.1, 0.15) is 12.8 Å². The van der Waals surface area contributed by atoms with E-state index in [0.717, 1.165) is 25.2 Å². The Kier molecular flexibility index (Phi) is 4.54. The summed E-state index contributed by atoms with van der Waals surface area (Å²) < 4.78 is 5.16. The minimum Gasteiger partial charge on any atom is -0.497 e. The predicted molar refractivity (Wildman–Crippen MR) is 39.6 cm³/mol. The monoisotopic (exact) mass is 149 g/mol. The molecule has 2 nitrogen and oxygen atoms in total. The maximum absolute atomic E-state index is 5.31. The summed E-state index contributed by atoms with van der Waals surface area (Å²) in [7, 11) is 0. The molecule has 0 saturated heterocycles. The molecule has 0 aliphatic carbocycles. The van der Waals surface area contributed by atoms with Gasteiger partial charge in [0.05, 0.1) is 13.2 Å². The quantitative estimate of drug-likeness (QED) is 0.605. The summed E-state index contributed by atoms with van der Waals surface area (Å²) in [5.74, 6) is 0.955. The van der Waals surface area contributed by atoms with Gasteiger partial charge in [-0.3, -0.25) is 0 Å². The van der Waals surface area contributed by atoms with E-state index in [4.69, 9.17) is 10.5 Å². The van der Waals surface area contributed by atoms with Gasteiger partial charge in [-0.1, -0.05) is 0 Å². The van der Waals surface area contributed by atoms with Crippen molar-refractivity contribution in [2.45, 2.75) is 12.8 Å². The highest BCUT2D eigenvalue weighted by atomic mass is 35.5. The molecule has 0 fully saturated rings. The van der Waals surface area contributed by atoms with Crippen molar-refractivity contribution in [3.05, 3.63) is 11.8 Å². The Morgan fingerprint density at radius 3 is 2.78 bits per heavy atom. The first kappa shape index (κ1) is 8.79. The van der Waals surface area contributed by atoms with Gasteiger partial charge in [0.2, 0.25) is 0 Å². The summed E-state index contributed by atoms with van der Waals surface area (Å²) >= 11 is 0. The second-order valence-electron chi connectivity index (χ2n) is 1.87. The van der Waals surface area contributed by atoms with Crippen molar-refractivity contribution in [1.82, 2.24) is 0 Å². The fourth-order valence-electron chi connectivity index (χ4n) is 0.751. The highest BCUT2D eigenvalue weighted by Gasteiger charge is 1.99. The van der Waals surface area contributed by atoms with Crippen LogP contribution in [-0.4, -0.2) is 13.2 Å². The van der Waals surface area contributed by atoms with Crippen LogP contribution in [0.25, 0.3) is 0 Å². The van der Waals surface area contributed by atoms with Crippen LogP contribution in [0, 0.1) is 0 Å². The fourth-order valence-corrected chi connectivity index (χ4v) is 0.751. The van der Waals surface area contributed by atoms with E-state index in [9.17, 15) is 0 Å². The molecule has 0 aromatic heterocycles. The summed E-state index contributed by atoms with van der Waals surface area (Å²) in [6.45, 7) is 1.41. The molecule has 2 N–H and O–H groups in total. The first-order valence-corrected chi connectivity index (χ1v) is 2.95. The molecule has 1 heterocycles.